The molecule has 0 bridgehead atoms. The minimum Gasteiger partial charge on any atom is -0.436 e. The summed E-state index contributed by atoms with van der Waals surface area (Å²) in [5, 5.41) is 11.0. The van der Waals surface area contributed by atoms with Crippen molar-refractivity contribution < 1.29 is 14.6 Å². The molecule has 0 aliphatic carbocycles. The summed E-state index contributed by atoms with van der Waals surface area (Å²) in [6.07, 6.45) is 1.29. The first-order valence-corrected chi connectivity index (χ1v) is 5.75. The van der Waals surface area contributed by atoms with E-state index >= 15 is 0 Å². The topological polar surface area (TPSA) is 61.8 Å². The van der Waals surface area contributed by atoms with Gasteiger partial charge in [0.1, 0.15) is 0 Å². The summed E-state index contributed by atoms with van der Waals surface area (Å²) in [5.41, 5.74) is 0. The van der Waals surface area contributed by atoms with Crippen molar-refractivity contribution >= 4 is 6.09 Å². The fourth-order valence-corrected chi connectivity index (χ4v) is 1.14. The zero-order valence-corrected chi connectivity index (χ0v) is 10.8. The van der Waals surface area contributed by atoms with Crippen LogP contribution in [0.15, 0.2) is 0 Å². The molecule has 0 saturated heterocycles. The Bertz CT molecular complexity index is 271. The Labute approximate surface area is 103 Å². The molecule has 0 spiro atoms. The molecule has 0 aliphatic heterocycles. The van der Waals surface area contributed by atoms with Gasteiger partial charge in [0.15, 0.2) is 6.61 Å². The molecule has 2 N–H and O–H groups in total. The molecule has 1 atom stereocenters. The lowest BCUT2D eigenvalue weighted by atomic mass is 10.2. The van der Waals surface area contributed by atoms with Crippen LogP contribution >= 0.6 is 0 Å². The van der Waals surface area contributed by atoms with Crippen LogP contribution in [-0.4, -0.2) is 56.0 Å². The molecule has 0 heterocycles. The van der Waals surface area contributed by atoms with Crippen molar-refractivity contribution in [2.45, 2.75) is 25.8 Å². The van der Waals surface area contributed by atoms with Crippen LogP contribution in [0, 0.1) is 11.8 Å². The van der Waals surface area contributed by atoms with Crippen molar-refractivity contribution in [2.24, 2.45) is 0 Å². The number of amides is 1. The quantitative estimate of drug-likeness (QED) is 0.524. The summed E-state index contributed by atoms with van der Waals surface area (Å²) in [6.45, 7) is 3.22. The summed E-state index contributed by atoms with van der Waals surface area (Å²) in [6, 6.07) is 0.113. The standard InChI is InChI=1S/C12H22N2O3/c1-11(14(3)8-4-5-9-15)7-6-10-17-12(16)13-2/h11,15H,4-5,8-10H2,1-3H3,(H,13,16). The average molecular weight is 242 g/mol. The molecule has 5 heteroatoms. The maximum Gasteiger partial charge on any atom is 0.407 e. The molecule has 1 amide bonds. The molecule has 98 valence electrons. The molecule has 0 aromatic heterocycles. The molecule has 0 fully saturated rings. The van der Waals surface area contributed by atoms with Crippen molar-refractivity contribution in [3.8, 4) is 11.8 Å². The van der Waals surface area contributed by atoms with E-state index in [1.54, 1.807) is 0 Å². The zero-order chi connectivity index (χ0) is 13.1. The van der Waals surface area contributed by atoms with Gasteiger partial charge in [0, 0.05) is 13.7 Å². The molecular formula is C12H22N2O3. The minimum absolute atomic E-state index is 0.106. The third-order valence-electron chi connectivity index (χ3n) is 2.37. The SMILES string of the molecule is CNC(=O)OCC#CC(C)N(C)CCCCO. The summed E-state index contributed by atoms with van der Waals surface area (Å²) in [7, 11) is 3.49. The number of nitrogens with one attached hydrogen (secondary N) is 1. The number of ether oxygens (including phenoxy) is 1. The monoisotopic (exact) mass is 242 g/mol. The highest BCUT2D eigenvalue weighted by Crippen LogP contribution is 1.97. The lowest BCUT2D eigenvalue weighted by molar-refractivity contribution is 0.162. The van der Waals surface area contributed by atoms with Gasteiger partial charge in [-0.15, -0.1) is 0 Å². The lowest BCUT2D eigenvalue weighted by Crippen LogP contribution is -2.29. The summed E-state index contributed by atoms with van der Waals surface area (Å²) < 4.78 is 4.74. The number of aliphatic hydroxyl groups is 1. The van der Waals surface area contributed by atoms with Gasteiger partial charge < -0.3 is 15.2 Å². The van der Waals surface area contributed by atoms with Gasteiger partial charge in [-0.05, 0) is 33.4 Å². The van der Waals surface area contributed by atoms with Crippen molar-refractivity contribution in [2.75, 3.05) is 33.9 Å². The van der Waals surface area contributed by atoms with Gasteiger partial charge in [-0.2, -0.15) is 0 Å². The number of unbranched alkanes of at least 4 members (excludes halogenated alkanes) is 1. The van der Waals surface area contributed by atoms with Crippen LogP contribution in [0.3, 0.4) is 0 Å². The highest BCUT2D eigenvalue weighted by atomic mass is 16.5. The number of rotatable bonds is 6. The van der Waals surface area contributed by atoms with E-state index in [1.807, 2.05) is 14.0 Å². The molecule has 5 nitrogen and oxygen atoms in total. The molecule has 17 heavy (non-hydrogen) atoms. The fourth-order valence-electron chi connectivity index (χ4n) is 1.14. The normalized spacial score (nSPS) is 11.6. The number of alkyl carbamates (subject to hydrolysis) is 1. The molecule has 0 aromatic rings. The van der Waals surface area contributed by atoms with Gasteiger partial charge in [0.2, 0.25) is 0 Å². The van der Waals surface area contributed by atoms with E-state index in [1.165, 1.54) is 7.05 Å². The maximum absolute atomic E-state index is 10.7. The van der Waals surface area contributed by atoms with Crippen molar-refractivity contribution in [1.82, 2.24) is 10.2 Å². The van der Waals surface area contributed by atoms with Crippen LogP contribution in [0.5, 0.6) is 0 Å². The number of carbonyl (C=O) groups is 1. The van der Waals surface area contributed by atoms with Crippen LogP contribution in [0.4, 0.5) is 4.79 Å². The van der Waals surface area contributed by atoms with Crippen LogP contribution in [0.1, 0.15) is 19.8 Å². The van der Waals surface area contributed by atoms with Crippen molar-refractivity contribution in [3.63, 3.8) is 0 Å². The van der Waals surface area contributed by atoms with E-state index in [9.17, 15) is 4.79 Å². The summed E-state index contributed by atoms with van der Waals surface area (Å²) in [4.78, 5) is 12.8. The van der Waals surface area contributed by atoms with Gasteiger partial charge in [0.25, 0.3) is 0 Å². The minimum atomic E-state index is -0.469. The molecule has 0 rings (SSSR count). The maximum atomic E-state index is 10.7. The van der Waals surface area contributed by atoms with E-state index in [4.69, 9.17) is 9.84 Å². The first-order chi connectivity index (χ1) is 8.11. The molecular weight excluding hydrogens is 220 g/mol. The van der Waals surface area contributed by atoms with Crippen LogP contribution in [0.25, 0.3) is 0 Å². The van der Waals surface area contributed by atoms with Gasteiger partial charge in [0.05, 0.1) is 6.04 Å². The summed E-state index contributed by atoms with van der Waals surface area (Å²) >= 11 is 0. The third-order valence-corrected chi connectivity index (χ3v) is 2.37. The number of hydrogen-bond donors (Lipinski definition) is 2. The Morgan fingerprint density at radius 1 is 1.53 bits per heavy atom. The Balaban J connectivity index is 3.78. The van der Waals surface area contributed by atoms with E-state index < -0.39 is 6.09 Å². The second kappa shape index (κ2) is 9.94. The zero-order valence-electron chi connectivity index (χ0n) is 10.8. The van der Waals surface area contributed by atoms with Gasteiger partial charge in [-0.1, -0.05) is 11.8 Å². The highest BCUT2D eigenvalue weighted by molar-refractivity contribution is 5.66. The third kappa shape index (κ3) is 8.55. The van der Waals surface area contributed by atoms with E-state index in [0.29, 0.717) is 0 Å². The first-order valence-electron chi connectivity index (χ1n) is 5.75. The van der Waals surface area contributed by atoms with Crippen molar-refractivity contribution in [3.05, 3.63) is 0 Å². The molecule has 1 unspecified atom stereocenters. The summed E-state index contributed by atoms with van der Waals surface area (Å²) in [5.74, 6) is 5.79. The molecule has 0 radical (unpaired) electrons. The molecule has 0 saturated carbocycles. The number of nitrogens with zero attached hydrogens (tertiary/aromatic N) is 1. The van der Waals surface area contributed by atoms with Crippen LogP contribution in [0.2, 0.25) is 0 Å². The second-order valence-electron chi connectivity index (χ2n) is 3.73. The van der Waals surface area contributed by atoms with Gasteiger partial charge in [-0.3, -0.25) is 4.90 Å². The first kappa shape index (κ1) is 15.8. The number of carbonyl (C=O) groups excluding carboxylic acids is 1. The predicted molar refractivity (Wildman–Crippen MR) is 66.6 cm³/mol. The van der Waals surface area contributed by atoms with Gasteiger partial charge >= 0.3 is 6.09 Å². The Morgan fingerprint density at radius 3 is 2.82 bits per heavy atom. The molecule has 0 aliphatic rings. The second-order valence-corrected chi connectivity index (χ2v) is 3.73. The smallest absolute Gasteiger partial charge is 0.407 e. The van der Waals surface area contributed by atoms with E-state index in [-0.39, 0.29) is 19.3 Å². The largest absolute Gasteiger partial charge is 0.436 e. The Kier molecular flexibility index (Phi) is 9.21. The Morgan fingerprint density at radius 2 is 2.24 bits per heavy atom. The number of aliphatic hydroxyl groups excluding tert-OH is 1. The number of hydrogen-bond acceptors (Lipinski definition) is 4. The van der Waals surface area contributed by atoms with Crippen molar-refractivity contribution in [1.29, 1.82) is 0 Å². The fraction of sp³-hybridized carbons (Fsp3) is 0.750. The van der Waals surface area contributed by atoms with Gasteiger partial charge in [-0.25, -0.2) is 4.79 Å². The van der Waals surface area contributed by atoms with E-state index in [2.05, 4.69) is 22.1 Å². The van der Waals surface area contributed by atoms with Crippen LogP contribution < -0.4 is 5.32 Å². The Hall–Kier alpha value is -1.25. The highest BCUT2D eigenvalue weighted by Gasteiger charge is 2.04. The lowest BCUT2D eigenvalue weighted by Gasteiger charge is -2.19. The molecule has 0 aromatic carbocycles. The van der Waals surface area contributed by atoms with Crippen LogP contribution in [-0.2, 0) is 4.74 Å². The predicted octanol–water partition coefficient (Wildman–Crippen LogP) is 0.439. The van der Waals surface area contributed by atoms with E-state index in [0.717, 1.165) is 19.4 Å². The average Bonchev–Trinajstić information content (AvgIpc) is 2.34.